The van der Waals surface area contributed by atoms with Crippen molar-refractivity contribution in [1.29, 1.82) is 0 Å². The van der Waals surface area contributed by atoms with E-state index in [4.69, 9.17) is 9.97 Å². The van der Waals surface area contributed by atoms with Crippen LogP contribution in [0.2, 0.25) is 0 Å². The fourth-order valence-electron chi connectivity index (χ4n) is 8.84. The molecule has 0 N–H and O–H groups in total. The van der Waals surface area contributed by atoms with Gasteiger partial charge in [-0.05, 0) is 82.7 Å². The van der Waals surface area contributed by atoms with Gasteiger partial charge in [0.05, 0.1) is 33.3 Å². The van der Waals surface area contributed by atoms with E-state index >= 15 is 0 Å². The summed E-state index contributed by atoms with van der Waals surface area (Å²) in [6, 6.07) is 59.3. The number of hydrogen-bond donors (Lipinski definition) is 0. The Morgan fingerprint density at radius 1 is 0.423 bits per heavy atom. The highest BCUT2D eigenvalue weighted by molar-refractivity contribution is 6.20. The van der Waals surface area contributed by atoms with Crippen molar-refractivity contribution >= 4 is 65.3 Å². The van der Waals surface area contributed by atoms with Crippen molar-refractivity contribution in [2.24, 2.45) is 0 Å². The second-order valence-corrected chi connectivity index (χ2v) is 13.8. The summed E-state index contributed by atoms with van der Waals surface area (Å²) in [5, 5.41) is 8.59. The third-order valence-corrected chi connectivity index (χ3v) is 11.1. The van der Waals surface area contributed by atoms with E-state index in [0.29, 0.717) is 0 Å². The van der Waals surface area contributed by atoms with Crippen LogP contribution in [0, 0.1) is 0 Å². The van der Waals surface area contributed by atoms with Gasteiger partial charge in [-0.1, -0.05) is 103 Å². The molecule has 4 nitrogen and oxygen atoms in total. The van der Waals surface area contributed by atoms with Gasteiger partial charge in [-0.3, -0.25) is 9.55 Å². The lowest BCUT2D eigenvalue weighted by Gasteiger charge is -2.11. The molecule has 4 aromatic heterocycles. The first-order valence-electron chi connectivity index (χ1n) is 17.7. The summed E-state index contributed by atoms with van der Waals surface area (Å²) in [4.78, 5) is 10.1. The van der Waals surface area contributed by atoms with Crippen molar-refractivity contribution in [2.75, 3.05) is 0 Å². The zero-order valence-electron chi connectivity index (χ0n) is 28.0. The number of hydrogen-bond acceptors (Lipinski definition) is 2. The van der Waals surface area contributed by atoms with Crippen molar-refractivity contribution in [2.45, 2.75) is 0 Å². The first-order chi connectivity index (χ1) is 25.8. The van der Waals surface area contributed by atoms with Gasteiger partial charge in [0, 0.05) is 55.3 Å². The maximum absolute atomic E-state index is 5.29. The number of para-hydroxylation sites is 2. The molecule has 0 saturated carbocycles. The Kier molecular flexibility index (Phi) is 5.47. The molecule has 0 bridgehead atoms. The van der Waals surface area contributed by atoms with Gasteiger partial charge in [0.2, 0.25) is 0 Å². The van der Waals surface area contributed by atoms with E-state index in [9.17, 15) is 0 Å². The van der Waals surface area contributed by atoms with Crippen molar-refractivity contribution in [3.05, 3.63) is 170 Å². The van der Waals surface area contributed by atoms with Crippen LogP contribution in [0.1, 0.15) is 0 Å². The second-order valence-electron chi connectivity index (χ2n) is 13.8. The number of rotatable bonds is 3. The maximum Gasteiger partial charge on any atom is 0.138 e. The van der Waals surface area contributed by atoms with Crippen LogP contribution in [-0.2, 0) is 0 Å². The molecule has 0 unspecified atom stereocenters. The minimum absolute atomic E-state index is 0.902. The summed E-state index contributed by atoms with van der Waals surface area (Å²) >= 11 is 0. The summed E-state index contributed by atoms with van der Waals surface area (Å²) in [6.07, 6.45) is 1.89. The molecule has 1 aliphatic rings. The van der Waals surface area contributed by atoms with Gasteiger partial charge in [-0.15, -0.1) is 0 Å². The number of nitrogens with zero attached hydrogens (tertiary/aromatic N) is 4. The van der Waals surface area contributed by atoms with Crippen LogP contribution in [0.5, 0.6) is 0 Å². The van der Waals surface area contributed by atoms with Crippen molar-refractivity contribution in [3.63, 3.8) is 0 Å². The van der Waals surface area contributed by atoms with Crippen LogP contribution in [0.25, 0.3) is 110 Å². The van der Waals surface area contributed by atoms with Crippen LogP contribution in [-0.4, -0.2) is 19.1 Å². The van der Waals surface area contributed by atoms with E-state index in [1.54, 1.807) is 0 Å². The zero-order valence-corrected chi connectivity index (χ0v) is 28.0. The fraction of sp³-hybridized carbons (Fsp3) is 0. The summed E-state index contributed by atoms with van der Waals surface area (Å²) in [6.45, 7) is 0. The Hall–Kier alpha value is -7.04. The van der Waals surface area contributed by atoms with Gasteiger partial charge in [-0.25, -0.2) is 4.98 Å². The van der Waals surface area contributed by atoms with Crippen LogP contribution >= 0.6 is 0 Å². The Bertz CT molecular complexity index is 3290. The van der Waals surface area contributed by atoms with Crippen LogP contribution in [0.3, 0.4) is 0 Å². The molecule has 1 aliphatic carbocycles. The number of pyridine rings is 2. The number of benzene rings is 7. The van der Waals surface area contributed by atoms with Gasteiger partial charge in [0.15, 0.2) is 0 Å². The fourth-order valence-corrected chi connectivity index (χ4v) is 8.84. The number of aromatic nitrogens is 4. The Morgan fingerprint density at radius 2 is 1.13 bits per heavy atom. The highest BCUT2D eigenvalue weighted by Gasteiger charge is 2.25. The van der Waals surface area contributed by atoms with Crippen LogP contribution < -0.4 is 0 Å². The second kappa shape index (κ2) is 10.3. The van der Waals surface area contributed by atoms with Gasteiger partial charge < -0.3 is 4.57 Å². The van der Waals surface area contributed by atoms with E-state index in [-0.39, 0.29) is 0 Å². The first kappa shape index (κ1) is 27.7. The molecule has 4 heterocycles. The van der Waals surface area contributed by atoms with Crippen molar-refractivity contribution in [1.82, 2.24) is 19.1 Å². The quantitative estimate of drug-likeness (QED) is 0.189. The minimum atomic E-state index is 0.902. The average molecular weight is 661 g/mol. The molecule has 52 heavy (non-hydrogen) atoms. The standard InChI is InChI=1S/C48H28N4/c1-2-11-32(12-3-1)51-43-23-20-31(27-39(43)37-22-19-29-10-4-5-13-33(29)48(37)51)30-21-24-44-38(26-30)34-14-6-7-18-42(34)52(44)45-28-40-46-35(15-8-17-41(46)50-45)36-16-9-25-49-47(36)40/h1-28H. The minimum Gasteiger partial charge on any atom is -0.309 e. The van der Waals surface area contributed by atoms with Crippen LogP contribution in [0.4, 0.5) is 0 Å². The van der Waals surface area contributed by atoms with E-state index in [2.05, 4.69) is 167 Å². The Balaban J connectivity index is 1.08. The van der Waals surface area contributed by atoms with Gasteiger partial charge in [0.1, 0.15) is 5.82 Å². The average Bonchev–Trinajstić information content (AvgIpc) is 3.84. The van der Waals surface area contributed by atoms with Crippen LogP contribution in [0.15, 0.2) is 170 Å². The lowest BCUT2D eigenvalue weighted by atomic mass is 10.00. The molecule has 0 atom stereocenters. The number of fused-ring (bicyclic) bond motifs is 11. The molecule has 12 rings (SSSR count). The highest BCUT2D eigenvalue weighted by atomic mass is 15.1. The van der Waals surface area contributed by atoms with E-state index in [1.165, 1.54) is 71.0 Å². The van der Waals surface area contributed by atoms with Gasteiger partial charge in [-0.2, -0.15) is 0 Å². The van der Waals surface area contributed by atoms with Gasteiger partial charge >= 0.3 is 0 Å². The summed E-state index contributed by atoms with van der Waals surface area (Å²) in [7, 11) is 0. The molecule has 0 saturated heterocycles. The molecular formula is C48H28N4. The Morgan fingerprint density at radius 3 is 2.00 bits per heavy atom. The summed E-state index contributed by atoms with van der Waals surface area (Å²) in [5.41, 5.74) is 13.8. The predicted molar refractivity (Wildman–Crippen MR) is 216 cm³/mol. The molecule has 7 aromatic carbocycles. The summed E-state index contributed by atoms with van der Waals surface area (Å²) < 4.78 is 4.74. The predicted octanol–water partition coefficient (Wildman–Crippen LogP) is 12.3. The molecule has 0 fully saturated rings. The van der Waals surface area contributed by atoms with Crippen molar-refractivity contribution in [3.8, 4) is 45.0 Å². The lowest BCUT2D eigenvalue weighted by molar-refractivity contribution is 1.10. The van der Waals surface area contributed by atoms with Gasteiger partial charge in [0.25, 0.3) is 0 Å². The largest absolute Gasteiger partial charge is 0.309 e. The molecule has 0 spiro atoms. The molecule has 0 amide bonds. The Labute approximate surface area is 298 Å². The smallest absolute Gasteiger partial charge is 0.138 e. The normalized spacial score (nSPS) is 12.2. The highest BCUT2D eigenvalue weighted by Crippen LogP contribution is 2.47. The third-order valence-electron chi connectivity index (χ3n) is 11.1. The zero-order chi connectivity index (χ0) is 33.9. The molecule has 11 aromatic rings. The van der Waals surface area contributed by atoms with E-state index < -0.39 is 0 Å². The summed E-state index contributed by atoms with van der Waals surface area (Å²) in [5.74, 6) is 0.902. The molecule has 0 radical (unpaired) electrons. The van der Waals surface area contributed by atoms with E-state index in [0.717, 1.165) is 39.3 Å². The lowest BCUT2D eigenvalue weighted by Crippen LogP contribution is -1.98. The van der Waals surface area contributed by atoms with E-state index in [1.807, 2.05) is 12.3 Å². The topological polar surface area (TPSA) is 35.6 Å². The SMILES string of the molecule is c1ccc(-n2c3ccc(-c4ccc5c(c4)c4ccccc4n5-c4cc5c6c(cccc6n4)-c4cccnc4-5)cc3c3ccc4ccccc4c32)cc1. The first-order valence-corrected chi connectivity index (χ1v) is 17.7. The van der Waals surface area contributed by atoms with Crippen molar-refractivity contribution < 1.29 is 0 Å². The molecule has 0 aliphatic heterocycles. The molecule has 240 valence electrons. The third kappa shape index (κ3) is 3.70. The maximum atomic E-state index is 5.29. The molecular weight excluding hydrogens is 633 g/mol. The molecule has 4 heteroatoms. The monoisotopic (exact) mass is 660 g/mol.